The van der Waals surface area contributed by atoms with E-state index in [1.165, 1.54) is 0 Å². The third kappa shape index (κ3) is 6.14. The van der Waals surface area contributed by atoms with Gasteiger partial charge in [-0.1, -0.05) is 27.7 Å². The van der Waals surface area contributed by atoms with Crippen LogP contribution in [0.25, 0.3) is 0 Å². The molecule has 0 radical (unpaired) electrons. The lowest BCUT2D eigenvalue weighted by molar-refractivity contribution is 0.222. The molecule has 1 atom stereocenters. The summed E-state index contributed by atoms with van der Waals surface area (Å²) < 4.78 is 5.57. The Morgan fingerprint density at radius 3 is 2.05 bits per heavy atom. The zero-order valence-electron chi connectivity index (χ0n) is 14.3. The van der Waals surface area contributed by atoms with Gasteiger partial charge in [-0.3, -0.25) is 0 Å². The van der Waals surface area contributed by atoms with Crippen molar-refractivity contribution in [1.82, 2.24) is 15.0 Å². The topological polar surface area (TPSA) is 72.0 Å². The Hall–Kier alpha value is -1.59. The lowest BCUT2D eigenvalue weighted by atomic mass is 9.82. The molecule has 0 aliphatic carbocycles. The smallest absolute Gasteiger partial charge is 0.323 e. The van der Waals surface area contributed by atoms with Crippen LogP contribution in [-0.4, -0.2) is 34.1 Å². The fourth-order valence-corrected chi connectivity index (χ4v) is 1.49. The van der Waals surface area contributed by atoms with E-state index in [9.17, 15) is 0 Å². The highest BCUT2D eigenvalue weighted by atomic mass is 16.5. The summed E-state index contributed by atoms with van der Waals surface area (Å²) >= 11 is 0. The van der Waals surface area contributed by atoms with Crippen molar-refractivity contribution >= 4 is 11.9 Å². The minimum atomic E-state index is 0.0308. The van der Waals surface area contributed by atoms with Crippen LogP contribution in [-0.2, 0) is 0 Å². The molecule has 6 nitrogen and oxygen atoms in total. The number of anilines is 2. The van der Waals surface area contributed by atoms with Gasteiger partial charge in [0.25, 0.3) is 0 Å². The zero-order chi connectivity index (χ0) is 16.0. The molecular formula is C15H29N5O. The van der Waals surface area contributed by atoms with E-state index in [4.69, 9.17) is 4.74 Å². The molecule has 1 aromatic heterocycles. The average molecular weight is 295 g/mol. The maximum absolute atomic E-state index is 5.57. The average Bonchev–Trinajstić information content (AvgIpc) is 2.34. The van der Waals surface area contributed by atoms with Gasteiger partial charge < -0.3 is 15.4 Å². The van der Waals surface area contributed by atoms with Crippen LogP contribution in [0.15, 0.2) is 0 Å². The van der Waals surface area contributed by atoms with Gasteiger partial charge in [0.15, 0.2) is 0 Å². The predicted molar refractivity (Wildman–Crippen MR) is 86.9 cm³/mol. The molecule has 0 fully saturated rings. The van der Waals surface area contributed by atoms with E-state index in [0.29, 0.717) is 23.8 Å². The first-order chi connectivity index (χ1) is 9.72. The van der Waals surface area contributed by atoms with Crippen molar-refractivity contribution in [2.24, 2.45) is 11.3 Å². The van der Waals surface area contributed by atoms with Gasteiger partial charge in [-0.05, 0) is 32.1 Å². The van der Waals surface area contributed by atoms with E-state index >= 15 is 0 Å². The van der Waals surface area contributed by atoms with Crippen molar-refractivity contribution in [1.29, 1.82) is 0 Å². The summed E-state index contributed by atoms with van der Waals surface area (Å²) in [7, 11) is 0. The number of nitrogens with one attached hydrogen (secondary N) is 2. The van der Waals surface area contributed by atoms with Gasteiger partial charge in [0.05, 0.1) is 6.10 Å². The molecule has 1 heterocycles. The van der Waals surface area contributed by atoms with E-state index in [0.717, 1.165) is 13.1 Å². The first-order valence-corrected chi connectivity index (χ1v) is 7.62. The van der Waals surface area contributed by atoms with Gasteiger partial charge in [-0.2, -0.15) is 15.0 Å². The van der Waals surface area contributed by atoms with E-state index in [1.54, 1.807) is 0 Å². The molecule has 6 heteroatoms. The molecule has 0 bridgehead atoms. The van der Waals surface area contributed by atoms with Crippen LogP contribution in [0.5, 0.6) is 6.01 Å². The normalized spacial score (nSPS) is 13.1. The molecule has 0 saturated carbocycles. The number of ether oxygens (including phenoxy) is 1. The molecular weight excluding hydrogens is 266 g/mol. The summed E-state index contributed by atoms with van der Waals surface area (Å²) in [6.07, 6.45) is 0.0308. The molecule has 0 spiro atoms. The SMILES string of the molecule is CCNc1nc(NCC(C)C(C)(C)C)nc(OC(C)C)n1. The van der Waals surface area contributed by atoms with Gasteiger partial charge in [0.1, 0.15) is 0 Å². The quantitative estimate of drug-likeness (QED) is 0.805. The Morgan fingerprint density at radius 1 is 1.00 bits per heavy atom. The summed E-state index contributed by atoms with van der Waals surface area (Å²) in [4.78, 5) is 12.9. The number of aromatic nitrogens is 3. The van der Waals surface area contributed by atoms with Gasteiger partial charge in [-0.15, -0.1) is 0 Å². The number of hydrogen-bond acceptors (Lipinski definition) is 6. The Morgan fingerprint density at radius 2 is 1.57 bits per heavy atom. The second-order valence-corrected chi connectivity index (χ2v) is 6.61. The van der Waals surface area contributed by atoms with E-state index in [-0.39, 0.29) is 11.5 Å². The Bertz CT molecular complexity index is 442. The molecule has 120 valence electrons. The number of rotatable bonds is 7. The predicted octanol–water partition coefficient (Wildman–Crippen LogP) is 3.18. The van der Waals surface area contributed by atoms with Gasteiger partial charge in [0, 0.05) is 13.1 Å². The monoisotopic (exact) mass is 295 g/mol. The van der Waals surface area contributed by atoms with Crippen LogP contribution in [0.4, 0.5) is 11.9 Å². The highest BCUT2D eigenvalue weighted by Gasteiger charge is 2.20. The molecule has 1 aromatic rings. The maximum Gasteiger partial charge on any atom is 0.323 e. The van der Waals surface area contributed by atoms with Crippen LogP contribution in [0, 0.1) is 11.3 Å². The Labute approximate surface area is 128 Å². The minimum absolute atomic E-state index is 0.0308. The second-order valence-electron chi connectivity index (χ2n) is 6.61. The Balaban J connectivity index is 2.82. The summed E-state index contributed by atoms with van der Waals surface area (Å²) in [5.74, 6) is 1.58. The Kier molecular flexibility index (Phi) is 6.18. The van der Waals surface area contributed by atoms with Crippen LogP contribution < -0.4 is 15.4 Å². The molecule has 0 aliphatic heterocycles. The largest absolute Gasteiger partial charge is 0.461 e. The van der Waals surface area contributed by atoms with E-state index in [2.05, 4.69) is 53.3 Å². The third-order valence-corrected chi connectivity index (χ3v) is 3.34. The highest BCUT2D eigenvalue weighted by Crippen LogP contribution is 2.25. The summed E-state index contributed by atoms with van der Waals surface area (Å²) in [5.41, 5.74) is 0.238. The lowest BCUT2D eigenvalue weighted by Gasteiger charge is -2.27. The first-order valence-electron chi connectivity index (χ1n) is 7.62. The molecule has 0 saturated heterocycles. The molecule has 21 heavy (non-hydrogen) atoms. The number of hydrogen-bond donors (Lipinski definition) is 2. The van der Waals surface area contributed by atoms with E-state index in [1.807, 2.05) is 20.8 Å². The van der Waals surface area contributed by atoms with Crippen LogP contribution in [0.2, 0.25) is 0 Å². The first kappa shape index (κ1) is 17.5. The van der Waals surface area contributed by atoms with Crippen molar-refractivity contribution in [2.75, 3.05) is 23.7 Å². The molecule has 1 unspecified atom stereocenters. The van der Waals surface area contributed by atoms with Crippen molar-refractivity contribution in [2.45, 2.75) is 54.6 Å². The fraction of sp³-hybridized carbons (Fsp3) is 0.800. The summed E-state index contributed by atoms with van der Waals surface area (Å²) in [5, 5.41) is 6.38. The molecule has 1 rings (SSSR count). The van der Waals surface area contributed by atoms with Crippen molar-refractivity contribution in [3.63, 3.8) is 0 Å². The second kappa shape index (κ2) is 7.43. The fourth-order valence-electron chi connectivity index (χ4n) is 1.49. The molecule has 0 aliphatic rings. The zero-order valence-corrected chi connectivity index (χ0v) is 14.3. The minimum Gasteiger partial charge on any atom is -0.461 e. The van der Waals surface area contributed by atoms with Crippen LogP contribution >= 0.6 is 0 Å². The standard InChI is InChI=1S/C15H29N5O/c1-8-16-12-18-13(17-9-11(4)15(5,6)7)20-14(19-12)21-10(2)3/h10-11H,8-9H2,1-7H3,(H2,16,17,18,19,20). The van der Waals surface area contributed by atoms with Crippen molar-refractivity contribution < 1.29 is 4.74 Å². The number of nitrogens with zero attached hydrogens (tertiary/aromatic N) is 3. The molecule has 2 N–H and O–H groups in total. The van der Waals surface area contributed by atoms with E-state index < -0.39 is 0 Å². The van der Waals surface area contributed by atoms with Crippen LogP contribution in [0.1, 0.15) is 48.5 Å². The highest BCUT2D eigenvalue weighted by molar-refractivity contribution is 5.35. The maximum atomic E-state index is 5.57. The third-order valence-electron chi connectivity index (χ3n) is 3.34. The molecule has 0 amide bonds. The summed E-state index contributed by atoms with van der Waals surface area (Å²) in [6, 6.07) is 0.349. The molecule has 0 aromatic carbocycles. The van der Waals surface area contributed by atoms with Crippen LogP contribution in [0.3, 0.4) is 0 Å². The lowest BCUT2D eigenvalue weighted by Crippen LogP contribution is -2.25. The van der Waals surface area contributed by atoms with Gasteiger partial charge in [0.2, 0.25) is 11.9 Å². The summed E-state index contributed by atoms with van der Waals surface area (Å²) in [6.45, 7) is 16.4. The van der Waals surface area contributed by atoms with Gasteiger partial charge >= 0.3 is 6.01 Å². The van der Waals surface area contributed by atoms with Crippen molar-refractivity contribution in [3.05, 3.63) is 0 Å². The van der Waals surface area contributed by atoms with Gasteiger partial charge in [-0.25, -0.2) is 0 Å². The van der Waals surface area contributed by atoms with Crippen molar-refractivity contribution in [3.8, 4) is 6.01 Å².